The highest BCUT2D eigenvalue weighted by Crippen LogP contribution is 2.28. The molecule has 1 atom stereocenters. The Balaban J connectivity index is 2.35. The minimum atomic E-state index is 0.445. The van der Waals surface area contributed by atoms with Gasteiger partial charge in [-0.1, -0.05) is 18.2 Å². The molecule has 0 radical (unpaired) electrons. The van der Waals surface area contributed by atoms with Gasteiger partial charge in [0.2, 0.25) is 0 Å². The van der Waals surface area contributed by atoms with Crippen LogP contribution in [0.25, 0.3) is 0 Å². The average molecular weight is 162 g/mol. The number of nitrogens with two attached hydrogens (primary N) is 1. The first-order chi connectivity index (χ1) is 5.81. The van der Waals surface area contributed by atoms with Gasteiger partial charge < -0.3 is 11.1 Å². The maximum absolute atomic E-state index is 5.60. The van der Waals surface area contributed by atoms with Crippen molar-refractivity contribution in [2.24, 2.45) is 5.73 Å². The standard InChI is InChI=1S/C10H14N2/c1-7-3-2-4-8-5-9(6-11)12-10(7)8/h2-4,9,12H,5-6,11H2,1H3. The van der Waals surface area contributed by atoms with Crippen LogP contribution in [0.5, 0.6) is 0 Å². The Morgan fingerprint density at radius 1 is 1.58 bits per heavy atom. The number of benzene rings is 1. The monoisotopic (exact) mass is 162 g/mol. The summed E-state index contributed by atoms with van der Waals surface area (Å²) in [5.41, 5.74) is 9.63. The molecule has 1 heterocycles. The number of para-hydroxylation sites is 1. The first kappa shape index (κ1) is 7.62. The summed E-state index contributed by atoms with van der Waals surface area (Å²) in [6.07, 6.45) is 1.08. The van der Waals surface area contributed by atoms with Crippen molar-refractivity contribution in [1.29, 1.82) is 0 Å². The van der Waals surface area contributed by atoms with Crippen molar-refractivity contribution in [3.05, 3.63) is 29.3 Å². The Labute approximate surface area is 72.8 Å². The van der Waals surface area contributed by atoms with Crippen LogP contribution in [0.4, 0.5) is 5.69 Å². The van der Waals surface area contributed by atoms with Gasteiger partial charge in [0.25, 0.3) is 0 Å². The third kappa shape index (κ3) is 1.08. The predicted molar refractivity (Wildman–Crippen MR) is 51.3 cm³/mol. The first-order valence-corrected chi connectivity index (χ1v) is 4.36. The number of aryl methyl sites for hydroxylation is 1. The molecule has 0 aromatic heterocycles. The molecule has 0 saturated heterocycles. The number of hydrogen-bond donors (Lipinski definition) is 2. The molecule has 0 amide bonds. The summed E-state index contributed by atoms with van der Waals surface area (Å²) in [6.45, 7) is 2.85. The van der Waals surface area contributed by atoms with Crippen LogP contribution in [0, 0.1) is 6.92 Å². The van der Waals surface area contributed by atoms with E-state index in [1.807, 2.05) is 0 Å². The second-order valence-corrected chi connectivity index (χ2v) is 3.39. The van der Waals surface area contributed by atoms with Crippen LogP contribution in [0.2, 0.25) is 0 Å². The highest BCUT2D eigenvalue weighted by Gasteiger charge is 2.19. The molecular weight excluding hydrogens is 148 g/mol. The smallest absolute Gasteiger partial charge is 0.0425 e. The van der Waals surface area contributed by atoms with Gasteiger partial charge in [0.1, 0.15) is 0 Å². The number of hydrogen-bond acceptors (Lipinski definition) is 2. The number of rotatable bonds is 1. The topological polar surface area (TPSA) is 38.0 Å². The van der Waals surface area contributed by atoms with Gasteiger partial charge in [0, 0.05) is 18.3 Å². The van der Waals surface area contributed by atoms with E-state index in [1.165, 1.54) is 16.8 Å². The Hall–Kier alpha value is -1.02. The Bertz CT molecular complexity index is 294. The molecule has 1 unspecified atom stereocenters. The van der Waals surface area contributed by atoms with Crippen LogP contribution >= 0.6 is 0 Å². The molecule has 2 heteroatoms. The molecular formula is C10H14N2. The fourth-order valence-corrected chi connectivity index (χ4v) is 1.77. The van der Waals surface area contributed by atoms with E-state index in [2.05, 4.69) is 30.4 Å². The number of fused-ring (bicyclic) bond motifs is 1. The van der Waals surface area contributed by atoms with Crippen LogP contribution in [0.3, 0.4) is 0 Å². The van der Waals surface area contributed by atoms with E-state index in [0.717, 1.165) is 6.42 Å². The summed E-state index contributed by atoms with van der Waals surface area (Å²) < 4.78 is 0. The minimum absolute atomic E-state index is 0.445. The maximum atomic E-state index is 5.60. The molecule has 1 aliphatic heterocycles. The highest BCUT2D eigenvalue weighted by molar-refractivity contribution is 5.61. The molecule has 64 valence electrons. The van der Waals surface area contributed by atoms with E-state index >= 15 is 0 Å². The fourth-order valence-electron chi connectivity index (χ4n) is 1.77. The zero-order valence-electron chi connectivity index (χ0n) is 7.30. The van der Waals surface area contributed by atoms with Gasteiger partial charge in [-0.05, 0) is 24.5 Å². The molecule has 3 N–H and O–H groups in total. The van der Waals surface area contributed by atoms with Crippen molar-refractivity contribution in [1.82, 2.24) is 0 Å². The largest absolute Gasteiger partial charge is 0.380 e. The molecule has 2 nitrogen and oxygen atoms in total. The van der Waals surface area contributed by atoms with E-state index in [-0.39, 0.29) is 0 Å². The molecule has 0 aliphatic carbocycles. The minimum Gasteiger partial charge on any atom is -0.380 e. The molecule has 1 aliphatic rings. The van der Waals surface area contributed by atoms with Crippen LogP contribution in [0.1, 0.15) is 11.1 Å². The van der Waals surface area contributed by atoms with Crippen molar-refractivity contribution in [3.8, 4) is 0 Å². The summed E-state index contributed by atoms with van der Waals surface area (Å²) in [5, 5.41) is 3.43. The van der Waals surface area contributed by atoms with Crippen molar-refractivity contribution >= 4 is 5.69 Å². The fraction of sp³-hybridized carbons (Fsp3) is 0.400. The molecule has 0 bridgehead atoms. The van der Waals surface area contributed by atoms with E-state index < -0.39 is 0 Å². The van der Waals surface area contributed by atoms with Gasteiger partial charge >= 0.3 is 0 Å². The number of anilines is 1. The van der Waals surface area contributed by atoms with Gasteiger partial charge in [0.05, 0.1) is 0 Å². The van der Waals surface area contributed by atoms with Crippen molar-refractivity contribution in [3.63, 3.8) is 0 Å². The van der Waals surface area contributed by atoms with Gasteiger partial charge in [-0.25, -0.2) is 0 Å². The first-order valence-electron chi connectivity index (χ1n) is 4.36. The second-order valence-electron chi connectivity index (χ2n) is 3.39. The Morgan fingerprint density at radius 3 is 3.08 bits per heavy atom. The van der Waals surface area contributed by atoms with Crippen LogP contribution in [0.15, 0.2) is 18.2 Å². The van der Waals surface area contributed by atoms with Gasteiger partial charge in [-0.2, -0.15) is 0 Å². The highest BCUT2D eigenvalue weighted by atomic mass is 15.0. The second kappa shape index (κ2) is 2.79. The summed E-state index contributed by atoms with van der Waals surface area (Å²) in [4.78, 5) is 0. The Kier molecular flexibility index (Phi) is 1.77. The zero-order valence-corrected chi connectivity index (χ0v) is 7.30. The van der Waals surface area contributed by atoms with Crippen LogP contribution < -0.4 is 11.1 Å². The molecule has 0 fully saturated rings. The van der Waals surface area contributed by atoms with Gasteiger partial charge in [0.15, 0.2) is 0 Å². The van der Waals surface area contributed by atoms with Crippen LogP contribution in [-0.4, -0.2) is 12.6 Å². The lowest BCUT2D eigenvalue weighted by Gasteiger charge is -2.07. The van der Waals surface area contributed by atoms with E-state index in [1.54, 1.807) is 0 Å². The maximum Gasteiger partial charge on any atom is 0.0425 e. The zero-order chi connectivity index (χ0) is 8.55. The van der Waals surface area contributed by atoms with Crippen molar-refractivity contribution < 1.29 is 0 Å². The molecule has 0 spiro atoms. The lowest BCUT2D eigenvalue weighted by molar-refractivity contribution is 0.760. The quantitative estimate of drug-likeness (QED) is 0.653. The molecule has 12 heavy (non-hydrogen) atoms. The predicted octanol–water partition coefficient (Wildman–Crippen LogP) is 1.29. The van der Waals surface area contributed by atoms with Gasteiger partial charge in [-0.3, -0.25) is 0 Å². The average Bonchev–Trinajstić information content (AvgIpc) is 2.49. The summed E-state index contributed by atoms with van der Waals surface area (Å²) in [7, 11) is 0. The molecule has 0 saturated carbocycles. The summed E-state index contributed by atoms with van der Waals surface area (Å²) >= 11 is 0. The van der Waals surface area contributed by atoms with Crippen LogP contribution in [-0.2, 0) is 6.42 Å². The summed E-state index contributed by atoms with van der Waals surface area (Å²) in [6, 6.07) is 6.85. The lowest BCUT2D eigenvalue weighted by Crippen LogP contribution is -2.25. The summed E-state index contributed by atoms with van der Waals surface area (Å²) in [5.74, 6) is 0. The van der Waals surface area contributed by atoms with E-state index in [4.69, 9.17) is 5.73 Å². The third-order valence-corrected chi connectivity index (χ3v) is 2.46. The van der Waals surface area contributed by atoms with Gasteiger partial charge in [-0.15, -0.1) is 0 Å². The third-order valence-electron chi connectivity index (χ3n) is 2.46. The lowest BCUT2D eigenvalue weighted by atomic mass is 10.1. The Morgan fingerprint density at radius 2 is 2.42 bits per heavy atom. The SMILES string of the molecule is Cc1cccc2c1NC(CN)C2. The molecule has 1 aromatic rings. The normalized spacial score (nSPS) is 20.3. The molecule has 1 aromatic carbocycles. The van der Waals surface area contributed by atoms with E-state index in [0.29, 0.717) is 12.6 Å². The van der Waals surface area contributed by atoms with E-state index in [9.17, 15) is 0 Å². The number of nitrogens with one attached hydrogen (secondary N) is 1. The van der Waals surface area contributed by atoms with Crippen molar-refractivity contribution in [2.45, 2.75) is 19.4 Å². The van der Waals surface area contributed by atoms with Crippen molar-refractivity contribution in [2.75, 3.05) is 11.9 Å². The molecule has 2 rings (SSSR count).